The average Bonchev–Trinajstić information content (AvgIpc) is 3.30. The summed E-state index contributed by atoms with van der Waals surface area (Å²) in [7, 11) is 1.58. The fourth-order valence-corrected chi connectivity index (χ4v) is 4.16. The number of H-pyrrole nitrogens is 2. The number of anilines is 1. The molecule has 0 unspecified atom stereocenters. The van der Waals surface area contributed by atoms with Crippen LogP contribution in [0.25, 0.3) is 21.6 Å². The minimum absolute atomic E-state index is 0.135. The Morgan fingerprint density at radius 2 is 2.03 bits per heavy atom. The molecule has 4 aromatic rings. The van der Waals surface area contributed by atoms with Crippen LogP contribution < -0.4 is 15.6 Å². The first-order valence-corrected chi connectivity index (χ1v) is 10.1. The van der Waals surface area contributed by atoms with E-state index in [9.17, 15) is 9.59 Å². The van der Waals surface area contributed by atoms with Crippen molar-refractivity contribution in [1.29, 1.82) is 0 Å². The Kier molecular flexibility index (Phi) is 5.32. The van der Waals surface area contributed by atoms with Gasteiger partial charge in [-0.05, 0) is 31.5 Å². The zero-order valence-electron chi connectivity index (χ0n) is 16.7. The number of ether oxygens (including phenoxy) is 1. The number of benzene rings is 1. The van der Waals surface area contributed by atoms with E-state index in [2.05, 4.69) is 30.5 Å². The third-order valence-corrected chi connectivity index (χ3v) is 5.88. The SMILES string of the molecule is COc1ccccc1-c1nc(NC(=O)CCc2nc3sc(C)c(C)c3c(=O)[nH]2)n[nH]1. The Morgan fingerprint density at radius 3 is 2.83 bits per heavy atom. The molecule has 0 spiro atoms. The van der Waals surface area contributed by atoms with Gasteiger partial charge >= 0.3 is 0 Å². The van der Waals surface area contributed by atoms with Gasteiger partial charge in [-0.25, -0.2) is 4.98 Å². The van der Waals surface area contributed by atoms with Gasteiger partial charge in [0.1, 0.15) is 16.4 Å². The van der Waals surface area contributed by atoms with Crippen molar-refractivity contribution in [2.24, 2.45) is 0 Å². The summed E-state index contributed by atoms with van der Waals surface area (Å²) in [4.78, 5) is 38.0. The number of aromatic amines is 2. The van der Waals surface area contributed by atoms with E-state index in [0.717, 1.165) is 16.0 Å². The topological polar surface area (TPSA) is 126 Å². The van der Waals surface area contributed by atoms with Crippen LogP contribution in [0, 0.1) is 13.8 Å². The number of carbonyl (C=O) groups excluding carboxylic acids is 1. The summed E-state index contributed by atoms with van der Waals surface area (Å²) >= 11 is 1.48. The van der Waals surface area contributed by atoms with E-state index in [4.69, 9.17) is 4.74 Å². The number of amides is 1. The highest BCUT2D eigenvalue weighted by molar-refractivity contribution is 7.18. The molecule has 0 atom stereocenters. The van der Waals surface area contributed by atoms with Gasteiger partial charge < -0.3 is 9.72 Å². The van der Waals surface area contributed by atoms with Crippen molar-refractivity contribution in [3.63, 3.8) is 0 Å². The van der Waals surface area contributed by atoms with Gasteiger partial charge in [0.2, 0.25) is 11.9 Å². The molecule has 30 heavy (non-hydrogen) atoms. The Labute approximate surface area is 175 Å². The summed E-state index contributed by atoms with van der Waals surface area (Å²) in [6.07, 6.45) is 0.438. The molecular weight excluding hydrogens is 404 g/mol. The summed E-state index contributed by atoms with van der Waals surface area (Å²) in [5, 5.41) is 10.1. The molecule has 3 N–H and O–H groups in total. The molecule has 0 aliphatic carbocycles. The molecule has 154 valence electrons. The van der Waals surface area contributed by atoms with Gasteiger partial charge in [0.25, 0.3) is 5.56 Å². The monoisotopic (exact) mass is 424 g/mol. The number of fused-ring (bicyclic) bond motifs is 1. The smallest absolute Gasteiger partial charge is 0.259 e. The molecule has 10 heteroatoms. The molecule has 0 saturated carbocycles. The standard InChI is InChI=1S/C20H20N6O3S/c1-10-11(2)30-19-16(10)18(28)21-14(22-19)8-9-15(27)23-20-24-17(25-26-20)12-6-4-5-7-13(12)29-3/h4-7H,8-9H2,1-3H3,(H,21,22,28)(H2,23,24,25,26,27). The van der Waals surface area contributed by atoms with Crippen LogP contribution in [-0.2, 0) is 11.2 Å². The minimum Gasteiger partial charge on any atom is -0.496 e. The molecular formula is C20H20N6O3S. The van der Waals surface area contributed by atoms with Crippen LogP contribution in [0.1, 0.15) is 22.7 Å². The van der Waals surface area contributed by atoms with E-state index in [1.807, 2.05) is 38.1 Å². The lowest BCUT2D eigenvalue weighted by Crippen LogP contribution is -2.16. The second-order valence-corrected chi connectivity index (χ2v) is 7.94. The quantitative estimate of drug-likeness (QED) is 0.437. The van der Waals surface area contributed by atoms with Crippen LogP contribution in [0.5, 0.6) is 5.75 Å². The highest BCUT2D eigenvalue weighted by Gasteiger charge is 2.14. The summed E-state index contributed by atoms with van der Waals surface area (Å²) in [6.45, 7) is 3.87. The van der Waals surface area contributed by atoms with Crippen LogP contribution in [-0.4, -0.2) is 38.2 Å². The lowest BCUT2D eigenvalue weighted by Gasteiger charge is -2.04. The summed E-state index contributed by atoms with van der Waals surface area (Å²) < 4.78 is 5.32. The highest BCUT2D eigenvalue weighted by Crippen LogP contribution is 2.27. The maximum Gasteiger partial charge on any atom is 0.259 e. The molecule has 3 aromatic heterocycles. The molecule has 9 nitrogen and oxygen atoms in total. The second kappa shape index (κ2) is 8.07. The number of carbonyl (C=O) groups is 1. The van der Waals surface area contributed by atoms with Crippen molar-refractivity contribution in [3.8, 4) is 17.1 Å². The van der Waals surface area contributed by atoms with E-state index in [-0.39, 0.29) is 23.8 Å². The van der Waals surface area contributed by atoms with Crippen molar-refractivity contribution in [1.82, 2.24) is 25.1 Å². The first-order valence-electron chi connectivity index (χ1n) is 9.30. The van der Waals surface area contributed by atoms with Crippen LogP contribution in [0.2, 0.25) is 0 Å². The van der Waals surface area contributed by atoms with Crippen LogP contribution in [0.15, 0.2) is 29.1 Å². The number of rotatable bonds is 6. The lowest BCUT2D eigenvalue weighted by atomic mass is 10.2. The first-order chi connectivity index (χ1) is 14.5. The van der Waals surface area contributed by atoms with E-state index in [1.54, 1.807) is 7.11 Å². The van der Waals surface area contributed by atoms with Crippen LogP contribution in [0.3, 0.4) is 0 Å². The highest BCUT2D eigenvalue weighted by atomic mass is 32.1. The molecule has 0 aliphatic rings. The Bertz CT molecular complexity index is 1290. The van der Waals surface area contributed by atoms with E-state index in [0.29, 0.717) is 34.0 Å². The number of aromatic nitrogens is 5. The predicted octanol–water partition coefficient (Wildman–Crippen LogP) is 2.97. The van der Waals surface area contributed by atoms with Gasteiger partial charge in [0.05, 0.1) is 18.1 Å². The molecule has 0 radical (unpaired) electrons. The molecule has 0 saturated heterocycles. The van der Waals surface area contributed by atoms with Gasteiger partial charge in [-0.3, -0.25) is 20.0 Å². The van der Waals surface area contributed by atoms with Crippen LogP contribution in [0.4, 0.5) is 5.95 Å². The number of nitrogens with one attached hydrogen (secondary N) is 3. The van der Waals surface area contributed by atoms with Gasteiger partial charge in [-0.1, -0.05) is 12.1 Å². The third-order valence-electron chi connectivity index (χ3n) is 4.78. The fourth-order valence-electron chi connectivity index (χ4n) is 3.12. The molecule has 4 rings (SSSR count). The third kappa shape index (κ3) is 3.81. The predicted molar refractivity (Wildman–Crippen MR) is 115 cm³/mol. The van der Waals surface area contributed by atoms with Crippen molar-refractivity contribution >= 4 is 33.4 Å². The molecule has 1 amide bonds. The molecule has 3 heterocycles. The Balaban J connectivity index is 1.43. The molecule has 1 aromatic carbocycles. The number of thiophene rings is 1. The molecule has 0 bridgehead atoms. The summed E-state index contributed by atoms with van der Waals surface area (Å²) in [6, 6.07) is 7.38. The van der Waals surface area contributed by atoms with Crippen molar-refractivity contribution in [3.05, 3.63) is 50.9 Å². The normalized spacial score (nSPS) is 11.0. The number of nitrogens with zero attached hydrogens (tertiary/aromatic N) is 3. The van der Waals surface area contributed by atoms with Crippen molar-refractivity contribution in [2.45, 2.75) is 26.7 Å². The lowest BCUT2D eigenvalue weighted by molar-refractivity contribution is -0.116. The first kappa shape index (κ1) is 19.8. The summed E-state index contributed by atoms with van der Waals surface area (Å²) in [5.41, 5.74) is 1.51. The van der Waals surface area contributed by atoms with Gasteiger partial charge in [-0.2, -0.15) is 4.98 Å². The van der Waals surface area contributed by atoms with Crippen LogP contribution >= 0.6 is 11.3 Å². The zero-order chi connectivity index (χ0) is 21.3. The number of hydrogen-bond donors (Lipinski definition) is 3. The maximum absolute atomic E-state index is 12.3. The number of methoxy groups -OCH3 is 1. The average molecular weight is 424 g/mol. The van der Waals surface area contributed by atoms with Gasteiger partial charge in [0.15, 0.2) is 5.82 Å². The van der Waals surface area contributed by atoms with E-state index >= 15 is 0 Å². The maximum atomic E-state index is 12.3. The number of hydrogen-bond acceptors (Lipinski definition) is 7. The summed E-state index contributed by atoms with van der Waals surface area (Å²) in [5.74, 6) is 1.51. The number of aryl methyl sites for hydroxylation is 3. The molecule has 0 fully saturated rings. The van der Waals surface area contributed by atoms with Crippen molar-refractivity contribution in [2.75, 3.05) is 12.4 Å². The Morgan fingerprint density at radius 1 is 1.23 bits per heavy atom. The molecule has 0 aliphatic heterocycles. The Hall–Kier alpha value is -3.53. The zero-order valence-corrected chi connectivity index (χ0v) is 17.5. The van der Waals surface area contributed by atoms with Gasteiger partial charge in [0, 0.05) is 17.7 Å². The van der Waals surface area contributed by atoms with E-state index in [1.165, 1.54) is 11.3 Å². The second-order valence-electron chi connectivity index (χ2n) is 6.73. The fraction of sp³-hybridized carbons (Fsp3) is 0.250. The number of para-hydroxylation sites is 1. The minimum atomic E-state index is -0.276. The van der Waals surface area contributed by atoms with Gasteiger partial charge in [-0.15, -0.1) is 16.4 Å². The largest absolute Gasteiger partial charge is 0.496 e. The van der Waals surface area contributed by atoms with E-state index < -0.39 is 0 Å². The van der Waals surface area contributed by atoms with Crippen molar-refractivity contribution < 1.29 is 9.53 Å².